The Morgan fingerprint density at radius 2 is 1.31 bits per heavy atom. The van der Waals surface area contributed by atoms with Gasteiger partial charge in [0, 0.05) is 0 Å². The van der Waals surface area contributed by atoms with Crippen molar-refractivity contribution >= 4 is 23.7 Å². The summed E-state index contributed by atoms with van der Waals surface area (Å²) in [4.78, 5) is 0. The summed E-state index contributed by atoms with van der Waals surface area (Å²) >= 11 is 0. The lowest BCUT2D eigenvalue weighted by Gasteiger charge is -2.39. The van der Waals surface area contributed by atoms with E-state index in [-0.39, 0.29) is 36.1 Å². The summed E-state index contributed by atoms with van der Waals surface area (Å²) in [5.41, 5.74) is -1.60. The number of rotatable bonds is 11. The molecule has 4 nitrogen and oxygen atoms in total. The zero-order valence-corrected chi connectivity index (χ0v) is 32.1. The lowest BCUT2D eigenvalue weighted by atomic mass is 9.77. The van der Waals surface area contributed by atoms with Gasteiger partial charge in [-0.25, -0.2) is 0 Å². The fourth-order valence-corrected chi connectivity index (χ4v) is 7.28. The Hall–Kier alpha value is -2.57. The predicted octanol–water partition coefficient (Wildman–Crippen LogP) is 10.1. The number of aliphatic hydroxyl groups is 1. The Balaban J connectivity index is 2.52. The fraction of sp³-hybridized carbons (Fsp3) is 0.556. The monoisotopic (exact) mass is 716 g/mol. The summed E-state index contributed by atoms with van der Waals surface area (Å²) in [6, 6.07) is 12.9. The summed E-state index contributed by atoms with van der Waals surface area (Å²) in [6.07, 6.45) is -11.2. The molecule has 0 aliphatic carbocycles. The molecule has 48 heavy (non-hydrogen) atoms. The number of ether oxygens (including phenoxy) is 1. The van der Waals surface area contributed by atoms with Crippen molar-refractivity contribution in [3.05, 3.63) is 70.8 Å². The first-order valence-corrected chi connectivity index (χ1v) is 21.6. The van der Waals surface area contributed by atoms with Crippen LogP contribution >= 0.6 is 0 Å². The van der Waals surface area contributed by atoms with Crippen molar-refractivity contribution in [1.29, 1.82) is 0 Å². The molecule has 0 fully saturated rings. The van der Waals surface area contributed by atoms with Crippen LogP contribution in [0.1, 0.15) is 89.3 Å². The molecule has 2 atom stereocenters. The number of hydrogen-bond donors (Lipinski definition) is 1. The number of halogens is 6. The summed E-state index contributed by atoms with van der Waals surface area (Å²) in [6.45, 7) is 23.5. The second kappa shape index (κ2) is 16.0. The van der Waals surface area contributed by atoms with Crippen LogP contribution in [0.3, 0.4) is 0 Å². The van der Waals surface area contributed by atoms with Crippen molar-refractivity contribution in [2.24, 2.45) is 10.8 Å². The molecule has 0 bridgehead atoms. The maximum absolute atomic E-state index is 13.0. The van der Waals surface area contributed by atoms with Crippen LogP contribution in [0.2, 0.25) is 26.2 Å². The molecule has 0 heterocycles. The van der Waals surface area contributed by atoms with Crippen molar-refractivity contribution < 1.29 is 45.0 Å². The largest absolute Gasteiger partial charge is 0.489 e. The maximum atomic E-state index is 13.0. The van der Waals surface area contributed by atoms with Gasteiger partial charge in [-0.15, -0.1) is 0 Å². The first kappa shape index (κ1) is 41.6. The topological polar surface area (TPSA) is 47.9 Å². The highest BCUT2D eigenvalue weighted by atomic mass is 28.3. The van der Waals surface area contributed by atoms with Gasteiger partial charge in [0.2, 0.25) is 0 Å². The standard InChI is InChI=1S/C36H50F6O4Si2/c1-12-25(16-14-20-34(43,35(37,38)39)36(40,41)42)26-15-13-17-27(22-26)44-23-24-18-19-28(30(32(2,3)4)45-47(8)9)29(21-24)31(33(5,6)7)46-48(10)11/h13,15-19,21-22,30-31,43,47-48H,12,23H2,1-11H3. The molecule has 0 aromatic heterocycles. The maximum Gasteiger partial charge on any atom is 0.438 e. The molecule has 2 aromatic rings. The smallest absolute Gasteiger partial charge is 0.438 e. The minimum absolute atomic E-state index is 0.140. The van der Waals surface area contributed by atoms with Gasteiger partial charge in [-0.1, -0.05) is 78.7 Å². The van der Waals surface area contributed by atoms with Crippen LogP contribution in [-0.4, -0.2) is 41.1 Å². The Morgan fingerprint density at radius 1 is 0.792 bits per heavy atom. The van der Waals surface area contributed by atoms with Crippen molar-refractivity contribution in [2.75, 3.05) is 0 Å². The van der Waals surface area contributed by atoms with Gasteiger partial charge in [0.15, 0.2) is 18.1 Å². The number of alkyl halides is 6. The number of hydrogen-bond acceptors (Lipinski definition) is 4. The average Bonchev–Trinajstić information content (AvgIpc) is 2.93. The Kier molecular flexibility index (Phi) is 13.8. The zero-order chi connectivity index (χ0) is 36.9. The van der Waals surface area contributed by atoms with Crippen LogP contribution in [-0.2, 0) is 15.5 Å². The third kappa shape index (κ3) is 11.0. The molecule has 0 saturated heterocycles. The van der Waals surface area contributed by atoms with Gasteiger partial charge < -0.3 is 18.7 Å². The molecule has 2 rings (SSSR count). The van der Waals surface area contributed by atoms with Crippen LogP contribution in [0, 0.1) is 22.7 Å². The molecule has 2 unspecified atom stereocenters. The molecular weight excluding hydrogens is 667 g/mol. The van der Waals surface area contributed by atoms with Gasteiger partial charge in [-0.3, -0.25) is 0 Å². The summed E-state index contributed by atoms with van der Waals surface area (Å²) in [5, 5.41) is 9.35. The van der Waals surface area contributed by atoms with Crippen molar-refractivity contribution in [3.63, 3.8) is 0 Å². The summed E-state index contributed by atoms with van der Waals surface area (Å²) < 4.78 is 97.7. The van der Waals surface area contributed by atoms with Crippen LogP contribution in [0.25, 0.3) is 5.57 Å². The molecule has 0 radical (unpaired) electrons. The van der Waals surface area contributed by atoms with Gasteiger partial charge >= 0.3 is 18.0 Å². The molecule has 0 spiro atoms. The van der Waals surface area contributed by atoms with E-state index in [0.717, 1.165) is 28.7 Å². The molecule has 12 heteroatoms. The van der Waals surface area contributed by atoms with Gasteiger partial charge in [0.25, 0.3) is 0 Å². The molecule has 268 valence electrons. The van der Waals surface area contributed by atoms with Crippen LogP contribution < -0.4 is 4.74 Å². The van der Waals surface area contributed by atoms with E-state index in [2.05, 4.69) is 79.9 Å². The third-order valence-corrected chi connectivity index (χ3v) is 9.05. The van der Waals surface area contributed by atoms with E-state index >= 15 is 0 Å². The van der Waals surface area contributed by atoms with Crippen LogP contribution in [0.4, 0.5) is 26.3 Å². The fourth-order valence-electron chi connectivity index (χ4n) is 5.08. The van der Waals surface area contributed by atoms with Gasteiger partial charge in [-0.05, 0) is 101 Å². The van der Waals surface area contributed by atoms with Gasteiger partial charge in [0.1, 0.15) is 12.4 Å². The SMILES string of the molecule is CCC(=CC#CC(O)(C(F)(F)F)C(F)(F)F)c1cccc(OCc2ccc(C(O[SiH](C)C)C(C)(C)C)c(C(O[SiH](C)C)C(C)(C)C)c2)c1. The zero-order valence-electron chi connectivity index (χ0n) is 29.8. The molecule has 2 aromatic carbocycles. The van der Waals surface area contributed by atoms with E-state index in [9.17, 15) is 31.4 Å². The van der Waals surface area contributed by atoms with E-state index in [4.69, 9.17) is 13.6 Å². The lowest BCUT2D eigenvalue weighted by molar-refractivity contribution is -0.343. The average molecular weight is 717 g/mol. The molecule has 0 amide bonds. The second-order valence-electron chi connectivity index (χ2n) is 14.6. The van der Waals surface area contributed by atoms with E-state index < -0.39 is 36.0 Å². The first-order chi connectivity index (χ1) is 21.8. The molecule has 0 aliphatic rings. The van der Waals surface area contributed by atoms with Crippen LogP contribution in [0.5, 0.6) is 5.75 Å². The molecule has 0 aliphatic heterocycles. The van der Waals surface area contributed by atoms with E-state index in [1.165, 1.54) is 0 Å². The van der Waals surface area contributed by atoms with Crippen molar-refractivity contribution in [3.8, 4) is 17.6 Å². The Bertz CT molecular complexity index is 1440. The third-order valence-electron chi connectivity index (χ3n) is 7.42. The first-order valence-electron chi connectivity index (χ1n) is 16.1. The Labute approximate surface area is 285 Å². The van der Waals surface area contributed by atoms with Crippen LogP contribution in [0.15, 0.2) is 48.5 Å². The highest BCUT2D eigenvalue weighted by Crippen LogP contribution is 2.46. The highest BCUT2D eigenvalue weighted by Gasteiger charge is 2.70. The summed E-state index contributed by atoms with van der Waals surface area (Å²) in [5.74, 6) is 3.21. The van der Waals surface area contributed by atoms with Crippen molar-refractivity contribution in [1.82, 2.24) is 0 Å². The van der Waals surface area contributed by atoms with Gasteiger partial charge in [-0.2, -0.15) is 26.3 Å². The molecular formula is C36H50F6O4Si2. The second-order valence-corrected chi connectivity index (χ2v) is 19.4. The number of allylic oxidation sites excluding steroid dienone is 2. The highest BCUT2D eigenvalue weighted by molar-refractivity contribution is 6.48. The van der Waals surface area contributed by atoms with Gasteiger partial charge in [0.05, 0.1) is 12.2 Å². The predicted molar refractivity (Wildman–Crippen MR) is 185 cm³/mol. The van der Waals surface area contributed by atoms with Crippen molar-refractivity contribution in [2.45, 2.75) is 118 Å². The quantitative estimate of drug-likeness (QED) is 0.143. The molecule has 1 N–H and O–H groups in total. The normalized spacial score (nSPS) is 15.0. The molecule has 0 saturated carbocycles. The summed E-state index contributed by atoms with van der Waals surface area (Å²) in [7, 11) is -2.88. The number of benzene rings is 2. The van der Waals surface area contributed by atoms with E-state index in [1.54, 1.807) is 37.1 Å². The lowest BCUT2D eigenvalue weighted by Crippen LogP contribution is -2.55. The minimum atomic E-state index is -6.02. The minimum Gasteiger partial charge on any atom is -0.489 e. The van der Waals surface area contributed by atoms with E-state index in [0.29, 0.717) is 16.9 Å². The Morgan fingerprint density at radius 3 is 1.77 bits per heavy atom. The van der Waals surface area contributed by atoms with E-state index in [1.807, 2.05) is 6.07 Å².